The summed E-state index contributed by atoms with van der Waals surface area (Å²) in [4.78, 5) is 8.49. The Kier molecular flexibility index (Phi) is 4.47. The van der Waals surface area contributed by atoms with Crippen molar-refractivity contribution in [3.8, 4) is 0 Å². The lowest BCUT2D eigenvalue weighted by Crippen LogP contribution is -2.46. The van der Waals surface area contributed by atoms with Crippen molar-refractivity contribution >= 4 is 10.0 Å². The second-order valence-electron chi connectivity index (χ2n) is 5.75. The molecule has 0 radical (unpaired) electrons. The monoisotopic (exact) mass is 336 g/mol. The second-order valence-corrected chi connectivity index (χ2v) is 7.69. The summed E-state index contributed by atoms with van der Waals surface area (Å²) in [7, 11) is -1.39. The molecule has 3 heterocycles. The van der Waals surface area contributed by atoms with Gasteiger partial charge in [0, 0.05) is 25.4 Å². The fourth-order valence-electron chi connectivity index (χ4n) is 2.81. The number of imidazole rings is 1. The fraction of sp³-hybridized carbons (Fsp3) is 0.467. The van der Waals surface area contributed by atoms with Gasteiger partial charge in [-0.25, -0.2) is 13.4 Å². The Morgan fingerprint density at radius 1 is 1.35 bits per heavy atom. The molecule has 0 fully saturated rings. The van der Waals surface area contributed by atoms with Gasteiger partial charge in [0.1, 0.15) is 0 Å². The summed E-state index contributed by atoms with van der Waals surface area (Å²) in [5.41, 5.74) is 2.71. The number of aromatic nitrogens is 3. The molecule has 1 atom stereocenters. The van der Waals surface area contributed by atoms with Crippen LogP contribution in [0.1, 0.15) is 17.1 Å². The average molecular weight is 336 g/mol. The molecule has 1 aliphatic rings. The molecule has 0 unspecified atom stereocenters. The molecular formula is C15H20N4O3S. The van der Waals surface area contributed by atoms with Gasteiger partial charge in [-0.2, -0.15) is 4.31 Å². The maximum atomic E-state index is 12.1. The molecule has 1 aliphatic heterocycles. The van der Waals surface area contributed by atoms with Gasteiger partial charge >= 0.3 is 0 Å². The zero-order chi connectivity index (χ0) is 16.4. The zero-order valence-electron chi connectivity index (χ0n) is 13.2. The maximum Gasteiger partial charge on any atom is 0.211 e. The highest BCUT2D eigenvalue weighted by atomic mass is 32.2. The Labute approximate surface area is 136 Å². The first-order chi connectivity index (χ1) is 10.9. The number of fused-ring (bicyclic) bond motifs is 1. The molecule has 8 heteroatoms. The van der Waals surface area contributed by atoms with Crippen molar-refractivity contribution in [1.82, 2.24) is 18.8 Å². The number of nitrogens with zero attached hydrogens (tertiary/aromatic N) is 4. The van der Waals surface area contributed by atoms with E-state index in [0.29, 0.717) is 26.2 Å². The van der Waals surface area contributed by atoms with Crippen LogP contribution in [0.2, 0.25) is 0 Å². The smallest absolute Gasteiger partial charge is 0.211 e. The largest absolute Gasteiger partial charge is 0.373 e. The Morgan fingerprint density at radius 3 is 2.87 bits per heavy atom. The van der Waals surface area contributed by atoms with Crippen LogP contribution in [0.3, 0.4) is 0 Å². The summed E-state index contributed by atoms with van der Waals surface area (Å²) < 4.78 is 33.3. The number of hydrogen-bond donors (Lipinski definition) is 0. The van der Waals surface area contributed by atoms with Crippen molar-refractivity contribution < 1.29 is 13.2 Å². The molecule has 0 saturated heterocycles. The minimum absolute atomic E-state index is 0.225. The molecule has 0 bridgehead atoms. The molecular weight excluding hydrogens is 316 g/mol. The van der Waals surface area contributed by atoms with Gasteiger partial charge in [0.2, 0.25) is 10.0 Å². The minimum Gasteiger partial charge on any atom is -0.373 e. The molecule has 7 nitrogen and oxygen atoms in total. The molecule has 23 heavy (non-hydrogen) atoms. The number of ether oxygens (including phenoxy) is 1. The lowest BCUT2D eigenvalue weighted by atomic mass is 10.1. The van der Waals surface area contributed by atoms with Gasteiger partial charge in [-0.1, -0.05) is 6.07 Å². The predicted octanol–water partition coefficient (Wildman–Crippen LogP) is 0.718. The Morgan fingerprint density at radius 2 is 2.17 bits per heavy atom. The molecule has 0 amide bonds. The van der Waals surface area contributed by atoms with Gasteiger partial charge in [0.15, 0.2) is 0 Å². The second kappa shape index (κ2) is 6.38. The van der Waals surface area contributed by atoms with Crippen LogP contribution in [0.4, 0.5) is 0 Å². The van der Waals surface area contributed by atoms with E-state index in [1.165, 1.54) is 10.6 Å². The van der Waals surface area contributed by atoms with Gasteiger partial charge in [-0.05, 0) is 12.1 Å². The summed E-state index contributed by atoms with van der Waals surface area (Å²) in [6.45, 7) is 0.994. The van der Waals surface area contributed by atoms with E-state index in [9.17, 15) is 8.42 Å². The minimum atomic E-state index is -3.32. The molecule has 3 rings (SSSR count). The molecule has 2 aromatic heterocycles. The molecule has 0 aromatic carbocycles. The molecule has 0 spiro atoms. The Hall–Kier alpha value is -1.77. The number of sulfonamides is 1. The third-order valence-corrected chi connectivity index (χ3v) is 5.28. The number of aryl methyl sites for hydroxylation is 1. The van der Waals surface area contributed by atoms with E-state index in [0.717, 1.165) is 17.1 Å². The summed E-state index contributed by atoms with van der Waals surface area (Å²) in [5, 5.41) is 0. The standard InChI is InChI=1S/C15H20N4O3S/c1-18-11-17-14-8-19(23(2,20)21)13(7-15(14)18)10-22-9-12-5-3-4-6-16-12/h3-6,11,13H,7-10H2,1-2H3/t13-/m0/s1. The van der Waals surface area contributed by atoms with Crippen LogP contribution in [-0.2, 0) is 41.4 Å². The highest BCUT2D eigenvalue weighted by Crippen LogP contribution is 2.24. The van der Waals surface area contributed by atoms with Crippen molar-refractivity contribution in [3.63, 3.8) is 0 Å². The normalized spacial score (nSPS) is 18.8. The summed E-state index contributed by atoms with van der Waals surface area (Å²) in [5.74, 6) is 0. The van der Waals surface area contributed by atoms with Gasteiger partial charge in [-0.3, -0.25) is 4.98 Å². The first-order valence-corrected chi connectivity index (χ1v) is 9.23. The van der Waals surface area contributed by atoms with Crippen LogP contribution in [0.5, 0.6) is 0 Å². The molecule has 0 saturated carbocycles. The summed E-state index contributed by atoms with van der Waals surface area (Å²) in [6, 6.07) is 5.41. The van der Waals surface area contributed by atoms with Crippen LogP contribution in [0.25, 0.3) is 0 Å². The molecule has 0 aliphatic carbocycles. The predicted molar refractivity (Wildman–Crippen MR) is 85.0 cm³/mol. The SMILES string of the molecule is Cn1cnc2c1C[C@@H](COCc1ccccn1)N(S(C)(=O)=O)C2. The van der Waals surface area contributed by atoms with Crippen molar-refractivity contribution in [2.75, 3.05) is 12.9 Å². The number of pyridine rings is 1. The molecule has 124 valence electrons. The zero-order valence-corrected chi connectivity index (χ0v) is 14.0. The maximum absolute atomic E-state index is 12.1. The highest BCUT2D eigenvalue weighted by molar-refractivity contribution is 7.88. The summed E-state index contributed by atoms with van der Waals surface area (Å²) in [6.07, 6.45) is 5.26. The third kappa shape index (κ3) is 3.60. The number of hydrogen-bond acceptors (Lipinski definition) is 5. The topological polar surface area (TPSA) is 77.3 Å². The van der Waals surface area contributed by atoms with Crippen molar-refractivity contribution in [3.05, 3.63) is 47.8 Å². The van der Waals surface area contributed by atoms with Crippen molar-refractivity contribution in [2.24, 2.45) is 7.05 Å². The lowest BCUT2D eigenvalue weighted by molar-refractivity contribution is 0.0694. The van der Waals surface area contributed by atoms with E-state index in [1.807, 2.05) is 29.8 Å². The van der Waals surface area contributed by atoms with Crippen molar-refractivity contribution in [2.45, 2.75) is 25.6 Å². The molecule has 0 N–H and O–H groups in total. The van der Waals surface area contributed by atoms with Gasteiger partial charge in [0.25, 0.3) is 0 Å². The van der Waals surface area contributed by atoms with E-state index in [2.05, 4.69) is 9.97 Å². The van der Waals surface area contributed by atoms with Crippen LogP contribution in [-0.4, -0.2) is 46.2 Å². The average Bonchev–Trinajstić information content (AvgIpc) is 2.88. The fourth-order valence-corrected chi connectivity index (χ4v) is 3.85. The highest BCUT2D eigenvalue weighted by Gasteiger charge is 2.34. The van der Waals surface area contributed by atoms with E-state index in [-0.39, 0.29) is 6.04 Å². The van der Waals surface area contributed by atoms with E-state index in [4.69, 9.17) is 4.74 Å². The van der Waals surface area contributed by atoms with Gasteiger partial charge in [-0.15, -0.1) is 0 Å². The third-order valence-electron chi connectivity index (χ3n) is 4.00. The Balaban J connectivity index is 1.72. The Bertz CT molecular complexity index is 773. The van der Waals surface area contributed by atoms with Crippen molar-refractivity contribution in [1.29, 1.82) is 0 Å². The van der Waals surface area contributed by atoms with Crippen LogP contribution < -0.4 is 0 Å². The quantitative estimate of drug-likeness (QED) is 0.804. The van der Waals surface area contributed by atoms with Crippen LogP contribution >= 0.6 is 0 Å². The van der Waals surface area contributed by atoms with Gasteiger partial charge in [0.05, 0.1) is 49.8 Å². The van der Waals surface area contributed by atoms with E-state index in [1.54, 1.807) is 12.5 Å². The van der Waals surface area contributed by atoms with E-state index < -0.39 is 10.0 Å². The first-order valence-electron chi connectivity index (χ1n) is 7.38. The van der Waals surface area contributed by atoms with Crippen LogP contribution in [0.15, 0.2) is 30.7 Å². The van der Waals surface area contributed by atoms with Crippen LogP contribution in [0, 0.1) is 0 Å². The first kappa shape index (κ1) is 16.1. The van der Waals surface area contributed by atoms with E-state index >= 15 is 0 Å². The van der Waals surface area contributed by atoms with Gasteiger partial charge < -0.3 is 9.30 Å². The molecule has 2 aromatic rings. The summed E-state index contributed by atoms with van der Waals surface area (Å²) >= 11 is 0. The number of rotatable bonds is 5. The lowest BCUT2D eigenvalue weighted by Gasteiger charge is -2.33.